The van der Waals surface area contributed by atoms with Crippen LogP contribution in [0.3, 0.4) is 0 Å². The summed E-state index contributed by atoms with van der Waals surface area (Å²) in [6.45, 7) is -0.300. The SMILES string of the molecule is O=C(COc1ccc(Br)cc1C=C1C(=O)NC(=S)NC1=O)Nc1ccccc1Cl. The van der Waals surface area contributed by atoms with Crippen molar-refractivity contribution in [2.45, 2.75) is 0 Å². The van der Waals surface area contributed by atoms with Crippen molar-refractivity contribution in [3.05, 3.63) is 63.1 Å². The van der Waals surface area contributed by atoms with Crippen LogP contribution in [0, 0.1) is 0 Å². The smallest absolute Gasteiger partial charge is 0.263 e. The average Bonchev–Trinajstić information content (AvgIpc) is 2.66. The number of benzene rings is 2. The molecule has 0 atom stereocenters. The van der Waals surface area contributed by atoms with Gasteiger partial charge >= 0.3 is 0 Å². The number of rotatable bonds is 5. The van der Waals surface area contributed by atoms with E-state index in [9.17, 15) is 14.4 Å². The van der Waals surface area contributed by atoms with Crippen molar-refractivity contribution < 1.29 is 19.1 Å². The molecule has 1 saturated heterocycles. The molecule has 2 aromatic rings. The van der Waals surface area contributed by atoms with E-state index in [1.807, 2.05) is 0 Å². The third-order valence-electron chi connectivity index (χ3n) is 3.72. The molecule has 1 aliphatic rings. The minimum absolute atomic E-state index is 0.0564. The number of carbonyl (C=O) groups is 3. The number of halogens is 2. The van der Waals surface area contributed by atoms with Crippen LogP contribution in [0.1, 0.15) is 5.56 Å². The summed E-state index contributed by atoms with van der Waals surface area (Å²) in [5.74, 6) is -1.36. The number of amides is 3. The maximum atomic E-state index is 12.2. The van der Waals surface area contributed by atoms with Gasteiger partial charge in [0, 0.05) is 10.0 Å². The monoisotopic (exact) mass is 493 g/mol. The van der Waals surface area contributed by atoms with Gasteiger partial charge in [-0.2, -0.15) is 0 Å². The molecule has 0 aromatic heterocycles. The third-order valence-corrected chi connectivity index (χ3v) is 4.75. The largest absolute Gasteiger partial charge is 0.483 e. The predicted octanol–water partition coefficient (Wildman–Crippen LogP) is 3.03. The minimum Gasteiger partial charge on any atom is -0.483 e. The van der Waals surface area contributed by atoms with Crippen LogP contribution in [0.15, 0.2) is 52.5 Å². The summed E-state index contributed by atoms with van der Waals surface area (Å²) in [4.78, 5) is 36.3. The van der Waals surface area contributed by atoms with Crippen molar-refractivity contribution in [2.24, 2.45) is 0 Å². The van der Waals surface area contributed by atoms with Gasteiger partial charge in [0.15, 0.2) is 11.7 Å². The molecule has 0 bridgehead atoms. The van der Waals surface area contributed by atoms with Crippen LogP contribution in [-0.2, 0) is 14.4 Å². The number of anilines is 1. The fourth-order valence-electron chi connectivity index (χ4n) is 2.42. The van der Waals surface area contributed by atoms with E-state index in [0.717, 1.165) is 0 Å². The van der Waals surface area contributed by atoms with Crippen LogP contribution >= 0.6 is 39.7 Å². The fraction of sp³-hybridized carbons (Fsp3) is 0.0526. The molecule has 0 radical (unpaired) electrons. The molecule has 0 unspecified atom stereocenters. The van der Waals surface area contributed by atoms with Crippen molar-refractivity contribution in [2.75, 3.05) is 11.9 Å². The third kappa shape index (κ3) is 5.41. The highest BCUT2D eigenvalue weighted by atomic mass is 79.9. The highest BCUT2D eigenvalue weighted by Gasteiger charge is 2.26. The summed E-state index contributed by atoms with van der Waals surface area (Å²) < 4.78 is 6.29. The quantitative estimate of drug-likeness (QED) is 0.337. The first-order chi connectivity index (χ1) is 13.8. The second-order valence-corrected chi connectivity index (χ2v) is 7.53. The zero-order chi connectivity index (χ0) is 21.0. The first-order valence-electron chi connectivity index (χ1n) is 8.18. The van der Waals surface area contributed by atoms with Gasteiger partial charge in [0.1, 0.15) is 11.3 Å². The van der Waals surface area contributed by atoms with E-state index in [-0.39, 0.29) is 17.3 Å². The maximum absolute atomic E-state index is 12.2. The van der Waals surface area contributed by atoms with Crippen molar-refractivity contribution in [1.82, 2.24) is 10.6 Å². The molecule has 0 spiro atoms. The Hall–Kier alpha value is -2.75. The summed E-state index contributed by atoms with van der Waals surface area (Å²) in [6.07, 6.45) is 1.36. The first kappa shape index (κ1) is 21.0. The Bertz CT molecular complexity index is 1040. The van der Waals surface area contributed by atoms with Crippen LogP contribution in [-0.4, -0.2) is 29.4 Å². The van der Waals surface area contributed by atoms with Crippen LogP contribution in [0.2, 0.25) is 5.02 Å². The lowest BCUT2D eigenvalue weighted by molar-refractivity contribution is -0.123. The summed E-state index contributed by atoms with van der Waals surface area (Å²) >= 11 is 14.1. The Labute approximate surface area is 184 Å². The molecule has 3 N–H and O–H groups in total. The molecule has 1 fully saturated rings. The van der Waals surface area contributed by atoms with Gasteiger partial charge in [-0.25, -0.2) is 0 Å². The number of para-hydroxylation sites is 1. The van der Waals surface area contributed by atoms with Gasteiger partial charge in [-0.1, -0.05) is 39.7 Å². The Morgan fingerprint density at radius 2 is 1.86 bits per heavy atom. The number of ether oxygens (including phenoxy) is 1. The van der Waals surface area contributed by atoms with E-state index >= 15 is 0 Å². The average molecular weight is 495 g/mol. The molecule has 2 aromatic carbocycles. The molecule has 7 nitrogen and oxygen atoms in total. The van der Waals surface area contributed by atoms with Gasteiger partial charge in [-0.15, -0.1) is 0 Å². The van der Waals surface area contributed by atoms with E-state index in [1.54, 1.807) is 42.5 Å². The molecule has 3 amide bonds. The molecule has 10 heteroatoms. The normalized spacial score (nSPS) is 13.4. The highest BCUT2D eigenvalue weighted by molar-refractivity contribution is 9.10. The van der Waals surface area contributed by atoms with Crippen molar-refractivity contribution in [1.29, 1.82) is 0 Å². The van der Waals surface area contributed by atoms with Gasteiger partial charge in [0.25, 0.3) is 17.7 Å². The lowest BCUT2D eigenvalue weighted by atomic mass is 10.1. The Kier molecular flexibility index (Phi) is 6.63. The molecule has 0 aliphatic carbocycles. The lowest BCUT2D eigenvalue weighted by Crippen LogP contribution is -2.51. The van der Waals surface area contributed by atoms with Gasteiger partial charge in [-0.3, -0.25) is 25.0 Å². The Balaban J connectivity index is 1.77. The Morgan fingerprint density at radius 3 is 2.55 bits per heavy atom. The summed E-state index contributed by atoms with van der Waals surface area (Å²) in [5.41, 5.74) is 0.757. The summed E-state index contributed by atoms with van der Waals surface area (Å²) in [6, 6.07) is 11.8. The maximum Gasteiger partial charge on any atom is 0.263 e. The van der Waals surface area contributed by atoms with E-state index in [0.29, 0.717) is 26.5 Å². The number of hydrogen-bond donors (Lipinski definition) is 3. The lowest BCUT2D eigenvalue weighted by Gasteiger charge is -2.17. The molecule has 0 saturated carbocycles. The molecule has 1 aliphatic heterocycles. The number of nitrogens with one attached hydrogen (secondary N) is 3. The number of thiocarbonyl (C=S) groups is 1. The van der Waals surface area contributed by atoms with Crippen LogP contribution in [0.4, 0.5) is 5.69 Å². The van der Waals surface area contributed by atoms with Crippen LogP contribution in [0.25, 0.3) is 6.08 Å². The van der Waals surface area contributed by atoms with Crippen LogP contribution < -0.4 is 20.7 Å². The van der Waals surface area contributed by atoms with Crippen LogP contribution in [0.5, 0.6) is 5.75 Å². The standard InChI is InChI=1S/C19H13BrClN3O4S/c20-11-5-6-15(28-9-16(25)22-14-4-2-1-3-13(14)21)10(7-11)8-12-17(26)23-19(29)24-18(12)27/h1-8H,9H2,(H,22,25)(H2,23,24,26,27,29). The van der Waals surface area contributed by atoms with E-state index in [2.05, 4.69) is 31.9 Å². The van der Waals surface area contributed by atoms with Crippen molar-refractivity contribution >= 4 is 74.3 Å². The topological polar surface area (TPSA) is 96.5 Å². The zero-order valence-electron chi connectivity index (χ0n) is 14.6. The van der Waals surface area contributed by atoms with E-state index in [1.165, 1.54) is 6.08 Å². The Morgan fingerprint density at radius 1 is 1.17 bits per heavy atom. The molecule has 148 valence electrons. The predicted molar refractivity (Wildman–Crippen MR) is 117 cm³/mol. The first-order valence-corrected chi connectivity index (χ1v) is 9.76. The van der Waals surface area contributed by atoms with E-state index < -0.39 is 17.7 Å². The summed E-state index contributed by atoms with van der Waals surface area (Å²) in [7, 11) is 0. The molecule has 3 rings (SSSR count). The van der Waals surface area contributed by atoms with Crippen molar-refractivity contribution in [3.63, 3.8) is 0 Å². The highest BCUT2D eigenvalue weighted by Crippen LogP contribution is 2.26. The second-order valence-electron chi connectivity index (χ2n) is 5.79. The second kappa shape index (κ2) is 9.17. The fourth-order valence-corrected chi connectivity index (χ4v) is 3.16. The molecular weight excluding hydrogens is 482 g/mol. The number of hydrogen-bond acceptors (Lipinski definition) is 5. The van der Waals surface area contributed by atoms with Gasteiger partial charge in [0.05, 0.1) is 10.7 Å². The minimum atomic E-state index is -0.624. The molecule has 29 heavy (non-hydrogen) atoms. The zero-order valence-corrected chi connectivity index (χ0v) is 17.8. The van der Waals surface area contributed by atoms with Gasteiger partial charge < -0.3 is 10.1 Å². The number of carbonyl (C=O) groups excluding carboxylic acids is 3. The van der Waals surface area contributed by atoms with Crippen molar-refractivity contribution in [3.8, 4) is 5.75 Å². The van der Waals surface area contributed by atoms with E-state index in [4.69, 9.17) is 28.6 Å². The van der Waals surface area contributed by atoms with Gasteiger partial charge in [0.2, 0.25) is 0 Å². The summed E-state index contributed by atoms with van der Waals surface area (Å²) in [5, 5.41) is 7.72. The molecular formula is C19H13BrClN3O4S. The van der Waals surface area contributed by atoms with Gasteiger partial charge in [-0.05, 0) is 48.6 Å². The molecule has 1 heterocycles.